The Morgan fingerprint density at radius 1 is 0.622 bits per heavy atom. The number of hydrogen-bond donors (Lipinski definition) is 12. The Bertz CT molecular complexity index is 3780. The number of thioether (sulfide) groups is 2. The number of piperazine rings is 4. The van der Waals surface area contributed by atoms with E-state index in [0.717, 1.165) is 48.8 Å². The molecule has 10 aliphatic heterocycles. The van der Waals surface area contributed by atoms with Crippen LogP contribution in [0.4, 0.5) is 9.59 Å². The number of nitrogens with one attached hydrogen (secondary N) is 5. The average molecular weight is 2600 g/mol. The van der Waals surface area contributed by atoms with Gasteiger partial charge in [0.05, 0.1) is 102 Å². The van der Waals surface area contributed by atoms with Crippen LogP contribution in [-0.2, 0) is 119 Å². The number of fused-ring (bicyclic) bond motifs is 4. The maximum atomic E-state index is 12.4. The van der Waals surface area contributed by atoms with E-state index >= 15 is 0 Å². The van der Waals surface area contributed by atoms with Crippen molar-refractivity contribution >= 4 is 216 Å². The molecule has 10 aliphatic rings. The number of unbranched alkanes of at least 4 members (excludes halogenated alkanes) is 1. The van der Waals surface area contributed by atoms with Crippen molar-refractivity contribution in [2.45, 2.75) is 257 Å². The zero-order chi connectivity index (χ0) is 101. The van der Waals surface area contributed by atoms with Crippen LogP contribution in [-0.4, -0.2) is 431 Å². The summed E-state index contributed by atoms with van der Waals surface area (Å²) in [5.74, 6) is -1.28. The number of halogens is 5. The summed E-state index contributed by atoms with van der Waals surface area (Å²) < 4.78 is 100. The van der Waals surface area contributed by atoms with Crippen molar-refractivity contribution in [3.63, 3.8) is 0 Å². The van der Waals surface area contributed by atoms with Crippen LogP contribution in [0.15, 0.2) is 0 Å². The molecule has 0 aromatic heterocycles. The quantitative estimate of drug-likeness (QED) is 0.0265. The Morgan fingerprint density at radius 3 is 1.37 bits per heavy atom. The number of carboxylic acid groups (broad SMARTS) is 1. The molecule has 0 aromatic carbocycles. The molecule has 1 radical (unpaired) electrons. The second-order valence-corrected chi connectivity index (χ2v) is 85.9. The number of carbonyl (C=O) groups excluding carboxylic acids is 9. The van der Waals surface area contributed by atoms with E-state index in [4.69, 9.17) is 49.9 Å². The Labute approximate surface area is 884 Å². The van der Waals surface area contributed by atoms with E-state index in [2.05, 4.69) is 204 Å². The predicted molar refractivity (Wildman–Crippen MR) is 563 cm³/mol. The first-order chi connectivity index (χ1) is 60.8. The largest absolute Gasteiger partial charge is 0 e. The fourth-order valence-electron chi connectivity index (χ4n) is 12.0. The molecule has 0 saturated carbocycles. The third-order valence-corrected chi connectivity index (χ3v) is 32.8. The second kappa shape index (κ2) is 73.9. The van der Waals surface area contributed by atoms with Gasteiger partial charge in [-0.05, 0) is 66.1 Å². The maximum Gasteiger partial charge on any atom is 0 e. The summed E-state index contributed by atoms with van der Waals surface area (Å²) in [7, 11) is -8.23. The SMILES string of the molecule is C.C.CC(C)(C)OC(=O)N1CCSCC1C(=O)O.CC(C)(C)[Si](C)(C)OC[C@@H]1CN2CCS(=O)(=O)CC2CN1.CCC(C)I.CCCC.COC(=O)[C@@H](CO)NC(=O)C1CSCCN1C(=O)OC(C)(C)C.COC(=O)[C@H](N)CO.Cl.O=C1N[C@H](CO)C(=O)N2CCOCC12.O=C1N[C@H](CO)C(=O)N2CCS(=O)(=O)CC12.O=S1(=O)CCN2C[C@@H](CO)NCC2C1.[CH2-]CC.[CH2-]CC.[I][V]([I])[I].[V]. The number of amides is 7. The maximum absolute atomic E-state index is 12.4. The minimum atomic E-state index is -3.25. The number of methoxy groups -OCH3 is 2. The molecule has 13 atom stereocenters. The molecule has 799 valence electrons. The number of aliphatic carboxylic acids is 1. The molecule has 13 N–H and O–H groups in total. The average Bonchev–Trinajstić information content (AvgIpc) is 0.775. The van der Waals surface area contributed by atoms with Crippen molar-refractivity contribution in [1.82, 2.24) is 56.0 Å². The van der Waals surface area contributed by atoms with E-state index in [-0.39, 0.29) is 142 Å². The van der Waals surface area contributed by atoms with E-state index in [9.17, 15) is 78.3 Å². The summed E-state index contributed by atoms with van der Waals surface area (Å²) >= 11 is 12.9. The van der Waals surface area contributed by atoms with E-state index in [1.807, 2.05) is 13.8 Å². The fourth-order valence-corrected chi connectivity index (χ4v) is 19.7. The number of nitrogens with zero attached hydrogens (tertiary/aromatic N) is 6. The van der Waals surface area contributed by atoms with Gasteiger partial charge in [-0.1, -0.05) is 113 Å². The van der Waals surface area contributed by atoms with E-state index < -0.39 is 158 Å². The molecule has 0 spiro atoms. The monoisotopic (exact) mass is 2600 g/mol. The first kappa shape index (κ1) is 145. The summed E-state index contributed by atoms with van der Waals surface area (Å²) in [6.45, 7) is 47.0. The summed E-state index contributed by atoms with van der Waals surface area (Å²) in [6, 6.07) is -6.07. The first-order valence-corrected chi connectivity index (χ1v) is 68.8. The normalized spacial score (nSPS) is 24.0. The Morgan fingerprint density at radius 2 is 1.01 bits per heavy atom. The van der Waals surface area contributed by atoms with Gasteiger partial charge in [-0.25, -0.2) is 44.4 Å². The van der Waals surface area contributed by atoms with E-state index in [1.165, 1.54) is 64.8 Å². The number of nitrogens with two attached hydrogens (primary N) is 1. The van der Waals surface area contributed by atoms with E-state index in [0.29, 0.717) is 80.7 Å². The van der Waals surface area contributed by atoms with Gasteiger partial charge in [-0.2, -0.15) is 36.4 Å². The zero-order valence-corrected chi connectivity index (χ0v) is 97.9. The standard InChI is InChI=1S/C14H24N2O6S.C14H30N2O3SSi.C10H17NO4S.C8H12N2O5S.C8H12N2O4.C8H16N2O3S.C4H9I.C4H9NO3.C4H10.2C3H7.2CH4.ClH.3HI.2V/c1-14(2,3)22-13(20)16-5-6-23-8-10(16)11(18)15-9(7-17)12(19)21-4;1-14(2,3)21(4,5)19-10-12-9-16-6-7-20(17,18)11-13(16)8-15-12;1-10(2,3)15-9(14)11-4-5-16-6-7(11)8(12)13;11-3-5-8(13)10-1-2-16(14,15)4-6(10)7(12)9-5;11-3-5-8(13)10-1-2-14-4-6(10)7(12)9-5;11-5-7-4-10-1-2-14(12,13)6-8(10)3-9-7;1-3-4(2)5;1-8-4(7)3(5)2-6;1-3-4-2;2*1-3-2;;;;;;;;/h9-10,17H,5-8H2,1-4H3,(H,15,18);12-13,15H,6-11H2,1-5H3;7H,4-6H2,1-3H3,(H,12,13);5-6,11H,1-4H2,(H,9,12);5-6,11H,1-4H2,(H,9,12);7-9,11H,1-6H2;4H,3H2,1-2H3;3,6H,2,5H2,1H3;3-4H2,1-2H3;2*1,3H2,2H3;2*1H4;4*1H;;/q;;;;;;;;;2*-1;;;;;;;;+3/p-3/t9-,10?;12-,13?;;2*5-,6?;7-,8?;;3-;;;;;;;;;;;/m10.110.1.........../s1. The topological polar surface area (TPSA) is 555 Å². The number of carbonyl (C=O) groups is 10. The van der Waals surface area contributed by atoms with Crippen LogP contribution >= 0.6 is 118 Å². The van der Waals surface area contributed by atoms with Gasteiger partial charge in [0.1, 0.15) is 53.5 Å². The smallest absolute Gasteiger partial charge is 0 e. The number of ether oxygens (including phenoxy) is 5. The number of morpholine rings is 1. The summed E-state index contributed by atoms with van der Waals surface area (Å²) in [5, 5.41) is 67.1. The van der Waals surface area contributed by atoms with Crippen LogP contribution in [0.2, 0.25) is 18.1 Å². The number of alkyl halides is 1. The van der Waals surface area contributed by atoms with Gasteiger partial charge >= 0.3 is 95.0 Å². The molecule has 10 saturated heterocycles. The van der Waals surface area contributed by atoms with Crippen molar-refractivity contribution in [3.8, 4) is 0 Å². The summed E-state index contributed by atoms with van der Waals surface area (Å²) in [4.78, 5) is 125. The molecule has 53 heteroatoms. The van der Waals surface area contributed by atoms with Crippen molar-refractivity contribution in [2.24, 2.45) is 5.73 Å². The third-order valence-electron chi connectivity index (χ3n) is 20.3. The van der Waals surface area contributed by atoms with Gasteiger partial charge in [0.15, 0.2) is 43.9 Å². The number of rotatable bonds is 15. The van der Waals surface area contributed by atoms with Crippen LogP contribution in [0.1, 0.15) is 151 Å². The van der Waals surface area contributed by atoms with Gasteiger partial charge in [0.25, 0.3) is 0 Å². The minimum absolute atomic E-state index is 0. The van der Waals surface area contributed by atoms with E-state index in [1.54, 1.807) is 53.3 Å². The van der Waals surface area contributed by atoms with Crippen LogP contribution in [0, 0.1) is 13.8 Å². The van der Waals surface area contributed by atoms with Crippen molar-refractivity contribution in [1.29, 1.82) is 0 Å². The Hall–Kier alpha value is -1.03. The number of esters is 2. The number of aliphatic hydroxyl groups is 5. The van der Waals surface area contributed by atoms with Crippen LogP contribution < -0.4 is 32.3 Å². The predicted octanol–water partition coefficient (Wildman–Crippen LogP) is 4.66. The summed E-state index contributed by atoms with van der Waals surface area (Å²) in [6.07, 6.45) is 4.82. The fraction of sp³-hybridized carbons (Fsp3) is 0.854. The van der Waals surface area contributed by atoms with Crippen LogP contribution in [0.5, 0.6) is 0 Å². The molecule has 10 fully saturated rings. The molecular weight excluding hydrogens is 2430 g/mol. The molecule has 10 rings (SSSR count). The van der Waals surface area contributed by atoms with Gasteiger partial charge in [-0.15, -0.1) is 12.4 Å². The van der Waals surface area contributed by atoms with Crippen LogP contribution in [0.3, 0.4) is 0 Å². The minimum Gasteiger partial charge on any atom is 0 e. The zero-order valence-electron chi connectivity index (χ0n) is 80.5. The Balaban J connectivity index is -0.000000350. The molecule has 0 bridgehead atoms. The third kappa shape index (κ3) is 58.8. The number of sulfone groups is 3. The first-order valence-electron chi connectivity index (χ1n) is 43.4. The number of carboxylic acids is 1. The van der Waals surface area contributed by atoms with Crippen molar-refractivity contribution in [3.05, 3.63) is 13.8 Å². The Kier molecular flexibility index (Phi) is 79.2. The second-order valence-electron chi connectivity index (χ2n) is 34.6. The molecule has 7 unspecified atom stereocenters. The van der Waals surface area contributed by atoms with Crippen molar-refractivity contribution < 1.29 is 155 Å². The van der Waals surface area contributed by atoms with Gasteiger partial charge < -0.3 is 115 Å². The molecule has 10 heterocycles. The summed E-state index contributed by atoms with van der Waals surface area (Å²) in [5.41, 5.74) is 3.75. The van der Waals surface area contributed by atoms with Crippen molar-refractivity contribution in [2.75, 3.05) is 190 Å². The van der Waals surface area contributed by atoms with Crippen LogP contribution in [0.25, 0.3) is 0 Å². The number of aliphatic hydroxyl groups excluding tert-OH is 5. The molecule has 0 aromatic rings. The molecule has 40 nitrogen and oxygen atoms in total. The van der Waals surface area contributed by atoms with Gasteiger partial charge in [0, 0.05) is 135 Å². The molecule has 0 aliphatic carbocycles. The van der Waals surface area contributed by atoms with Gasteiger partial charge in [0.2, 0.25) is 29.5 Å². The molecule has 7 amide bonds. The van der Waals surface area contributed by atoms with Gasteiger partial charge in [-0.3, -0.25) is 48.4 Å². The molecular formula is C82H162ClI4N12O28S5SiV2-2. The number of hydrogen-bond acceptors (Lipinski definition) is 34. The molecule has 135 heavy (non-hydrogen) atoms.